The molecule has 4 rings (SSSR count). The maximum Gasteiger partial charge on any atom is 0.155 e. The van der Waals surface area contributed by atoms with Crippen molar-refractivity contribution in [1.82, 2.24) is 19.5 Å². The molecule has 0 spiro atoms. The number of benzene rings is 1. The molecule has 1 aliphatic rings. The Morgan fingerprint density at radius 2 is 2.23 bits per heavy atom. The minimum Gasteiger partial charge on any atom is -0.261 e. The van der Waals surface area contributed by atoms with Crippen molar-refractivity contribution in [2.45, 2.75) is 24.8 Å². The van der Waals surface area contributed by atoms with Crippen molar-refractivity contribution < 1.29 is 0 Å². The highest BCUT2D eigenvalue weighted by Crippen LogP contribution is 2.33. The Bertz CT molecular complexity index is 845. The van der Waals surface area contributed by atoms with Crippen molar-refractivity contribution in [3.05, 3.63) is 51.8 Å². The zero-order chi connectivity index (χ0) is 15.1. The van der Waals surface area contributed by atoms with Gasteiger partial charge in [0, 0.05) is 34.0 Å². The summed E-state index contributed by atoms with van der Waals surface area (Å²) in [6.07, 6.45) is 4.91. The summed E-state index contributed by atoms with van der Waals surface area (Å²) in [6, 6.07) is 6.44. The largest absolute Gasteiger partial charge is 0.261 e. The third-order valence-corrected chi connectivity index (χ3v) is 5.72. The van der Waals surface area contributed by atoms with Crippen LogP contribution in [0.2, 0.25) is 0 Å². The number of hydrogen-bond donors (Lipinski definition) is 1. The van der Waals surface area contributed by atoms with Crippen molar-refractivity contribution in [3.8, 4) is 0 Å². The molecule has 1 aromatic carbocycles. The highest BCUT2D eigenvalue weighted by atomic mass is 79.9. The number of fused-ring (bicyclic) bond motifs is 3. The van der Waals surface area contributed by atoms with Gasteiger partial charge < -0.3 is 0 Å². The molecule has 112 valence electrons. The van der Waals surface area contributed by atoms with Crippen LogP contribution in [0.1, 0.15) is 16.7 Å². The molecule has 3 aromatic rings. The lowest BCUT2D eigenvalue weighted by Crippen LogP contribution is -2.25. The van der Waals surface area contributed by atoms with E-state index >= 15 is 0 Å². The monoisotopic (exact) mass is 374 g/mol. The first-order valence-corrected chi connectivity index (χ1v) is 8.76. The van der Waals surface area contributed by atoms with Gasteiger partial charge in [-0.15, -0.1) is 0 Å². The Hall–Kier alpha value is -1.37. The standard InChI is InChI=1S/C16H15BrN4S/c1-10-6-12(17)2-3-15(10)22-21-5-4-13-11(9-21)7-18-16-14(13)8-19-20-16/h2-3,6-8H,4-5,9H2,1H3,(H,18,19,20). The van der Waals surface area contributed by atoms with Crippen LogP contribution in [0, 0.1) is 6.92 Å². The van der Waals surface area contributed by atoms with E-state index in [0.717, 1.165) is 29.6 Å². The zero-order valence-corrected chi connectivity index (χ0v) is 14.5. The third kappa shape index (κ3) is 2.55. The average molecular weight is 375 g/mol. The Morgan fingerprint density at radius 3 is 3.09 bits per heavy atom. The second-order valence-electron chi connectivity index (χ2n) is 5.51. The van der Waals surface area contributed by atoms with Crippen LogP contribution < -0.4 is 0 Å². The van der Waals surface area contributed by atoms with Gasteiger partial charge in [-0.3, -0.25) is 5.10 Å². The predicted molar refractivity (Wildman–Crippen MR) is 92.7 cm³/mol. The number of hydrogen-bond acceptors (Lipinski definition) is 4. The van der Waals surface area contributed by atoms with Crippen molar-refractivity contribution in [1.29, 1.82) is 0 Å². The van der Waals surface area contributed by atoms with Gasteiger partial charge in [0.25, 0.3) is 0 Å². The Morgan fingerprint density at radius 1 is 1.32 bits per heavy atom. The number of nitrogens with zero attached hydrogens (tertiary/aromatic N) is 3. The van der Waals surface area contributed by atoms with Crippen LogP contribution in [0.3, 0.4) is 0 Å². The minimum atomic E-state index is 0.892. The molecule has 0 bridgehead atoms. The van der Waals surface area contributed by atoms with E-state index < -0.39 is 0 Å². The summed E-state index contributed by atoms with van der Waals surface area (Å²) in [4.78, 5) is 5.77. The fourth-order valence-electron chi connectivity index (χ4n) is 2.86. The molecule has 0 saturated carbocycles. The number of pyridine rings is 1. The molecule has 0 radical (unpaired) electrons. The second kappa shape index (κ2) is 5.68. The maximum absolute atomic E-state index is 4.46. The summed E-state index contributed by atoms with van der Waals surface area (Å²) in [5, 5.41) is 8.22. The summed E-state index contributed by atoms with van der Waals surface area (Å²) in [5.41, 5.74) is 4.89. The molecule has 1 N–H and O–H groups in total. The van der Waals surface area contributed by atoms with E-state index in [2.05, 4.69) is 60.5 Å². The van der Waals surface area contributed by atoms with Crippen molar-refractivity contribution in [3.63, 3.8) is 0 Å². The molecule has 1 aliphatic heterocycles. The van der Waals surface area contributed by atoms with E-state index in [-0.39, 0.29) is 0 Å². The van der Waals surface area contributed by atoms with Gasteiger partial charge in [-0.2, -0.15) is 5.10 Å². The SMILES string of the molecule is Cc1cc(Br)ccc1SN1CCc2c(cnc3[nH]ncc23)C1. The van der Waals surface area contributed by atoms with E-state index in [1.807, 2.05) is 24.3 Å². The van der Waals surface area contributed by atoms with E-state index in [4.69, 9.17) is 0 Å². The number of aromatic nitrogens is 3. The van der Waals surface area contributed by atoms with Crippen LogP contribution in [-0.4, -0.2) is 26.0 Å². The fourth-order valence-corrected chi connectivity index (χ4v) is 4.33. The topological polar surface area (TPSA) is 44.8 Å². The van der Waals surface area contributed by atoms with E-state index in [9.17, 15) is 0 Å². The lowest BCUT2D eigenvalue weighted by Gasteiger charge is -2.28. The summed E-state index contributed by atoms with van der Waals surface area (Å²) in [6.45, 7) is 4.11. The molecule has 0 saturated heterocycles. The number of halogens is 1. The van der Waals surface area contributed by atoms with Gasteiger partial charge >= 0.3 is 0 Å². The molecular weight excluding hydrogens is 360 g/mol. The molecule has 2 aromatic heterocycles. The van der Waals surface area contributed by atoms with Crippen LogP contribution >= 0.6 is 27.9 Å². The normalized spacial score (nSPS) is 15.2. The van der Waals surface area contributed by atoms with Crippen LogP contribution in [0.5, 0.6) is 0 Å². The summed E-state index contributed by atoms with van der Waals surface area (Å²) >= 11 is 5.35. The Balaban J connectivity index is 1.59. The number of H-pyrrole nitrogens is 1. The van der Waals surface area contributed by atoms with E-state index in [1.165, 1.54) is 27.0 Å². The fraction of sp³-hybridized carbons (Fsp3) is 0.250. The third-order valence-electron chi connectivity index (χ3n) is 4.00. The summed E-state index contributed by atoms with van der Waals surface area (Å²) < 4.78 is 3.54. The number of rotatable bonds is 2. The molecule has 0 atom stereocenters. The first kappa shape index (κ1) is 14.2. The minimum absolute atomic E-state index is 0.892. The van der Waals surface area contributed by atoms with Crippen LogP contribution in [-0.2, 0) is 13.0 Å². The average Bonchev–Trinajstić information content (AvgIpc) is 2.99. The van der Waals surface area contributed by atoms with Gasteiger partial charge in [-0.25, -0.2) is 9.29 Å². The molecule has 22 heavy (non-hydrogen) atoms. The highest BCUT2D eigenvalue weighted by molar-refractivity contribution is 9.10. The molecular formula is C16H15BrN4S. The molecule has 3 heterocycles. The smallest absolute Gasteiger partial charge is 0.155 e. The molecule has 0 fully saturated rings. The molecule has 0 amide bonds. The lowest BCUT2D eigenvalue weighted by molar-refractivity contribution is 0.445. The Labute approximate surface area is 141 Å². The van der Waals surface area contributed by atoms with Gasteiger partial charge in [0.05, 0.1) is 6.20 Å². The summed E-state index contributed by atoms with van der Waals surface area (Å²) in [7, 11) is 0. The van der Waals surface area contributed by atoms with Crippen LogP contribution in [0.4, 0.5) is 0 Å². The van der Waals surface area contributed by atoms with Crippen LogP contribution in [0.25, 0.3) is 11.0 Å². The number of aromatic amines is 1. The van der Waals surface area contributed by atoms with Gasteiger partial charge in [-0.05, 0) is 60.2 Å². The molecule has 4 nitrogen and oxygen atoms in total. The van der Waals surface area contributed by atoms with Crippen LogP contribution in [0.15, 0.2) is 40.0 Å². The maximum atomic E-state index is 4.46. The Kier molecular flexibility index (Phi) is 3.68. The van der Waals surface area contributed by atoms with Crippen molar-refractivity contribution >= 4 is 38.9 Å². The quantitative estimate of drug-likeness (QED) is 0.686. The highest BCUT2D eigenvalue weighted by Gasteiger charge is 2.20. The van der Waals surface area contributed by atoms with E-state index in [0.29, 0.717) is 0 Å². The van der Waals surface area contributed by atoms with Gasteiger partial charge in [0.15, 0.2) is 5.65 Å². The number of aryl methyl sites for hydroxylation is 1. The summed E-state index contributed by atoms with van der Waals surface area (Å²) in [5.74, 6) is 0. The number of nitrogens with one attached hydrogen (secondary N) is 1. The zero-order valence-electron chi connectivity index (χ0n) is 12.1. The first-order valence-electron chi connectivity index (χ1n) is 7.19. The lowest BCUT2D eigenvalue weighted by atomic mass is 10.0. The van der Waals surface area contributed by atoms with E-state index in [1.54, 1.807) is 0 Å². The molecule has 0 aliphatic carbocycles. The van der Waals surface area contributed by atoms with Gasteiger partial charge in [0.1, 0.15) is 0 Å². The first-order chi connectivity index (χ1) is 10.7. The predicted octanol–water partition coefficient (Wildman–Crippen LogP) is 4.09. The molecule has 0 unspecified atom stereocenters. The van der Waals surface area contributed by atoms with Gasteiger partial charge in [-0.1, -0.05) is 15.9 Å². The van der Waals surface area contributed by atoms with Crippen molar-refractivity contribution in [2.75, 3.05) is 6.54 Å². The molecule has 6 heteroatoms. The van der Waals surface area contributed by atoms with Crippen molar-refractivity contribution in [2.24, 2.45) is 0 Å². The van der Waals surface area contributed by atoms with Gasteiger partial charge in [0.2, 0.25) is 0 Å². The second-order valence-corrected chi connectivity index (χ2v) is 7.56.